The predicted octanol–water partition coefficient (Wildman–Crippen LogP) is 2.14. The summed E-state index contributed by atoms with van der Waals surface area (Å²) >= 11 is 0. The van der Waals surface area contributed by atoms with Crippen molar-refractivity contribution in [2.45, 2.75) is 46.6 Å². The summed E-state index contributed by atoms with van der Waals surface area (Å²) in [6.07, 6.45) is 0.772. The molecular weight excluding hydrogens is 272 g/mol. The van der Waals surface area contributed by atoms with E-state index in [1.807, 2.05) is 27.7 Å². The first-order valence-corrected chi connectivity index (χ1v) is 7.01. The number of nitrogens with zero attached hydrogens (tertiary/aromatic N) is 2. The van der Waals surface area contributed by atoms with Gasteiger partial charge in [0.15, 0.2) is 5.82 Å². The Bertz CT molecular complexity index is 491. The molecule has 0 saturated carbocycles. The molecule has 2 N–H and O–H groups in total. The number of rotatable bonds is 5. The molecule has 118 valence electrons. The highest BCUT2D eigenvalue weighted by Gasteiger charge is 2.21. The van der Waals surface area contributed by atoms with E-state index in [-0.39, 0.29) is 24.0 Å². The van der Waals surface area contributed by atoms with Crippen molar-refractivity contribution in [2.24, 2.45) is 0 Å². The van der Waals surface area contributed by atoms with Crippen LogP contribution in [0.1, 0.15) is 39.9 Å². The molecule has 0 aliphatic carbocycles. The second kappa shape index (κ2) is 7.10. The Balaban J connectivity index is 2.60. The topological polar surface area (TPSA) is 87.5 Å². The van der Waals surface area contributed by atoms with Crippen molar-refractivity contribution in [1.82, 2.24) is 15.4 Å². The zero-order chi connectivity index (χ0) is 16.0. The minimum Gasteiger partial charge on any atom is -0.360 e. The van der Waals surface area contributed by atoms with E-state index in [0.29, 0.717) is 18.1 Å². The third-order valence-corrected chi connectivity index (χ3v) is 2.49. The number of amides is 3. The molecule has 1 heterocycles. The van der Waals surface area contributed by atoms with Crippen LogP contribution in [0.3, 0.4) is 0 Å². The Kier molecular flexibility index (Phi) is 5.75. The fourth-order valence-electron chi connectivity index (χ4n) is 1.70. The van der Waals surface area contributed by atoms with Crippen molar-refractivity contribution >= 4 is 17.8 Å². The van der Waals surface area contributed by atoms with Crippen LogP contribution in [0.15, 0.2) is 10.6 Å². The lowest BCUT2D eigenvalue weighted by Gasteiger charge is -2.27. The van der Waals surface area contributed by atoms with E-state index in [2.05, 4.69) is 15.8 Å². The first-order valence-electron chi connectivity index (χ1n) is 7.01. The van der Waals surface area contributed by atoms with Gasteiger partial charge in [-0.15, -0.1) is 0 Å². The SMILES string of the molecule is CCCN(CC(=O)Nc1cc(C)on1)C(=O)NC(C)(C)C. The molecule has 0 aromatic carbocycles. The summed E-state index contributed by atoms with van der Waals surface area (Å²) in [6, 6.07) is 1.37. The molecule has 0 aliphatic heterocycles. The molecule has 1 aromatic rings. The van der Waals surface area contributed by atoms with Gasteiger partial charge in [-0.1, -0.05) is 12.1 Å². The zero-order valence-electron chi connectivity index (χ0n) is 13.3. The van der Waals surface area contributed by atoms with Gasteiger partial charge in [-0.2, -0.15) is 0 Å². The Hall–Kier alpha value is -2.05. The van der Waals surface area contributed by atoms with Gasteiger partial charge in [0.1, 0.15) is 12.3 Å². The van der Waals surface area contributed by atoms with Crippen LogP contribution >= 0.6 is 0 Å². The summed E-state index contributed by atoms with van der Waals surface area (Å²) in [4.78, 5) is 25.6. The van der Waals surface area contributed by atoms with E-state index in [1.54, 1.807) is 13.0 Å². The van der Waals surface area contributed by atoms with E-state index in [4.69, 9.17) is 4.52 Å². The lowest BCUT2D eigenvalue weighted by atomic mass is 10.1. The summed E-state index contributed by atoms with van der Waals surface area (Å²) in [7, 11) is 0. The van der Waals surface area contributed by atoms with E-state index < -0.39 is 0 Å². The maximum absolute atomic E-state index is 12.1. The molecule has 0 radical (unpaired) electrons. The number of carbonyl (C=O) groups is 2. The highest BCUT2D eigenvalue weighted by atomic mass is 16.5. The van der Waals surface area contributed by atoms with Crippen LogP contribution < -0.4 is 10.6 Å². The van der Waals surface area contributed by atoms with Crippen LogP contribution in [0, 0.1) is 6.92 Å². The molecule has 0 atom stereocenters. The second-order valence-corrected chi connectivity index (χ2v) is 5.97. The van der Waals surface area contributed by atoms with Crippen LogP contribution in [0.2, 0.25) is 0 Å². The molecule has 1 aromatic heterocycles. The Morgan fingerprint density at radius 3 is 2.52 bits per heavy atom. The van der Waals surface area contributed by atoms with Crippen LogP contribution in [0.4, 0.5) is 10.6 Å². The Morgan fingerprint density at radius 1 is 1.38 bits per heavy atom. The normalized spacial score (nSPS) is 11.1. The van der Waals surface area contributed by atoms with Gasteiger partial charge < -0.3 is 20.1 Å². The molecular formula is C14H24N4O3. The molecule has 0 fully saturated rings. The molecule has 0 spiro atoms. The molecule has 7 heteroatoms. The van der Waals surface area contributed by atoms with Crippen molar-refractivity contribution in [3.8, 4) is 0 Å². The standard InChI is InChI=1S/C14H24N4O3/c1-6-7-18(13(20)16-14(3,4)5)9-12(19)15-11-8-10(2)21-17-11/h8H,6-7,9H2,1-5H3,(H,16,20)(H,15,17,19). The molecule has 0 aliphatic rings. The lowest BCUT2D eigenvalue weighted by Crippen LogP contribution is -2.50. The van der Waals surface area contributed by atoms with Crippen molar-refractivity contribution in [2.75, 3.05) is 18.4 Å². The summed E-state index contributed by atoms with van der Waals surface area (Å²) < 4.78 is 4.87. The van der Waals surface area contributed by atoms with Crippen LogP contribution in [0.25, 0.3) is 0 Å². The van der Waals surface area contributed by atoms with Crippen LogP contribution in [-0.2, 0) is 4.79 Å². The first-order chi connectivity index (χ1) is 9.71. The minimum atomic E-state index is -0.344. The van der Waals surface area contributed by atoms with Crippen LogP contribution in [-0.4, -0.2) is 40.6 Å². The number of aryl methyl sites for hydroxylation is 1. The van der Waals surface area contributed by atoms with Gasteiger partial charge in [0.05, 0.1) is 0 Å². The molecule has 21 heavy (non-hydrogen) atoms. The minimum absolute atomic E-state index is 0.0261. The third-order valence-electron chi connectivity index (χ3n) is 2.49. The van der Waals surface area contributed by atoms with E-state index in [9.17, 15) is 9.59 Å². The molecule has 7 nitrogen and oxygen atoms in total. The summed E-state index contributed by atoms with van der Waals surface area (Å²) in [5.74, 6) is 0.659. The summed E-state index contributed by atoms with van der Waals surface area (Å²) in [5.41, 5.74) is -0.344. The number of hydrogen-bond donors (Lipinski definition) is 2. The van der Waals surface area contributed by atoms with Crippen LogP contribution in [0.5, 0.6) is 0 Å². The van der Waals surface area contributed by atoms with Gasteiger partial charge in [0.25, 0.3) is 0 Å². The van der Waals surface area contributed by atoms with E-state index in [0.717, 1.165) is 6.42 Å². The Morgan fingerprint density at radius 2 is 2.05 bits per heavy atom. The Labute approximate surface area is 125 Å². The monoisotopic (exact) mass is 296 g/mol. The van der Waals surface area contributed by atoms with Crippen molar-refractivity contribution in [3.05, 3.63) is 11.8 Å². The maximum Gasteiger partial charge on any atom is 0.318 e. The largest absolute Gasteiger partial charge is 0.360 e. The van der Waals surface area contributed by atoms with Gasteiger partial charge in [0.2, 0.25) is 5.91 Å². The van der Waals surface area contributed by atoms with Crippen molar-refractivity contribution in [1.29, 1.82) is 0 Å². The van der Waals surface area contributed by atoms with Crippen molar-refractivity contribution in [3.63, 3.8) is 0 Å². The fraction of sp³-hybridized carbons (Fsp3) is 0.643. The number of carbonyl (C=O) groups excluding carboxylic acids is 2. The number of nitrogens with one attached hydrogen (secondary N) is 2. The van der Waals surface area contributed by atoms with Gasteiger partial charge >= 0.3 is 6.03 Å². The zero-order valence-corrected chi connectivity index (χ0v) is 13.3. The average molecular weight is 296 g/mol. The van der Waals surface area contributed by atoms with E-state index >= 15 is 0 Å². The average Bonchev–Trinajstić information content (AvgIpc) is 2.71. The number of hydrogen-bond acceptors (Lipinski definition) is 4. The van der Waals surface area contributed by atoms with Gasteiger partial charge in [-0.3, -0.25) is 4.79 Å². The van der Waals surface area contributed by atoms with Gasteiger partial charge in [-0.25, -0.2) is 4.79 Å². The van der Waals surface area contributed by atoms with E-state index in [1.165, 1.54) is 4.90 Å². The van der Waals surface area contributed by atoms with Gasteiger partial charge in [0, 0.05) is 18.2 Å². The molecule has 0 unspecified atom stereocenters. The first kappa shape index (κ1) is 17.0. The summed E-state index contributed by atoms with van der Waals surface area (Å²) in [6.45, 7) is 9.86. The highest BCUT2D eigenvalue weighted by molar-refractivity contribution is 5.93. The highest BCUT2D eigenvalue weighted by Crippen LogP contribution is 2.07. The molecule has 3 amide bonds. The summed E-state index contributed by atoms with van der Waals surface area (Å²) in [5, 5.41) is 9.14. The number of aromatic nitrogens is 1. The van der Waals surface area contributed by atoms with Gasteiger partial charge in [-0.05, 0) is 34.1 Å². The third kappa shape index (κ3) is 6.29. The smallest absolute Gasteiger partial charge is 0.318 e. The lowest BCUT2D eigenvalue weighted by molar-refractivity contribution is -0.116. The predicted molar refractivity (Wildman–Crippen MR) is 80.0 cm³/mol. The molecule has 0 bridgehead atoms. The quantitative estimate of drug-likeness (QED) is 0.871. The maximum atomic E-state index is 12.1. The molecule has 1 rings (SSSR count). The fourth-order valence-corrected chi connectivity index (χ4v) is 1.70. The van der Waals surface area contributed by atoms with Crippen molar-refractivity contribution < 1.29 is 14.1 Å². The number of urea groups is 1. The number of anilines is 1. The molecule has 0 saturated heterocycles. The second-order valence-electron chi connectivity index (χ2n) is 5.97.